The normalized spacial score (nSPS) is 10.8. The Balaban J connectivity index is 0.00000576. The highest BCUT2D eigenvalue weighted by atomic mass is 35.5. The van der Waals surface area contributed by atoms with Crippen LogP contribution in [0.2, 0.25) is 0 Å². The van der Waals surface area contributed by atoms with Crippen LogP contribution < -0.4 is 17.3 Å². The molecule has 0 amide bonds. The summed E-state index contributed by atoms with van der Waals surface area (Å²) in [5, 5.41) is 0. The van der Waals surface area contributed by atoms with E-state index in [4.69, 9.17) is 0 Å². The van der Waals surface area contributed by atoms with Crippen LogP contribution in [0.25, 0.3) is 0 Å². The van der Waals surface area contributed by atoms with E-state index in [0.717, 1.165) is 0 Å². The summed E-state index contributed by atoms with van der Waals surface area (Å²) in [5.41, 5.74) is 1.50. The molecule has 0 bridgehead atoms. The van der Waals surface area contributed by atoms with E-state index in [2.05, 4.69) is 44.2 Å². The molecular formula is C23H42ClN. The first-order chi connectivity index (χ1) is 11.9. The Morgan fingerprint density at radius 3 is 1.60 bits per heavy atom. The fraction of sp³-hybridized carbons (Fsp3) is 0.739. The number of aryl methyl sites for hydroxylation is 1. The van der Waals surface area contributed by atoms with Gasteiger partial charge in [-0.05, 0) is 44.1 Å². The van der Waals surface area contributed by atoms with Gasteiger partial charge >= 0.3 is 0 Å². The van der Waals surface area contributed by atoms with Gasteiger partial charge in [0, 0.05) is 0 Å². The summed E-state index contributed by atoms with van der Waals surface area (Å²) in [7, 11) is 0. The third-order valence-corrected chi connectivity index (χ3v) is 5.05. The maximum absolute atomic E-state index is 2.31. The lowest BCUT2D eigenvalue weighted by atomic mass is 10.0. The summed E-state index contributed by atoms with van der Waals surface area (Å²) in [6.07, 6.45) is 16.8. The molecule has 0 radical (unpaired) electrons. The molecule has 146 valence electrons. The van der Waals surface area contributed by atoms with Crippen LogP contribution in [0.4, 0.5) is 0 Å². The van der Waals surface area contributed by atoms with E-state index in [-0.39, 0.29) is 12.4 Å². The van der Waals surface area contributed by atoms with Crippen LogP contribution >= 0.6 is 0 Å². The zero-order valence-electron chi connectivity index (χ0n) is 16.9. The topological polar surface area (TPSA) is 4.44 Å². The number of hydrogen-bond acceptors (Lipinski definition) is 0. The summed E-state index contributed by atoms with van der Waals surface area (Å²) in [4.78, 5) is 1.83. The molecule has 0 fully saturated rings. The van der Waals surface area contributed by atoms with E-state index < -0.39 is 0 Å². The van der Waals surface area contributed by atoms with Crippen molar-refractivity contribution in [3.05, 3.63) is 35.9 Å². The Labute approximate surface area is 164 Å². The van der Waals surface area contributed by atoms with Crippen molar-refractivity contribution in [2.45, 2.75) is 90.9 Å². The first kappa shape index (κ1) is 24.5. The van der Waals surface area contributed by atoms with Crippen LogP contribution in [0.1, 0.15) is 90.0 Å². The molecule has 1 aromatic carbocycles. The fourth-order valence-corrected chi connectivity index (χ4v) is 3.67. The average molecular weight is 368 g/mol. The molecule has 2 heteroatoms. The predicted molar refractivity (Wildman–Crippen MR) is 108 cm³/mol. The summed E-state index contributed by atoms with van der Waals surface area (Å²) in [6, 6.07) is 10.9. The maximum atomic E-state index is 2.31. The lowest BCUT2D eigenvalue weighted by molar-refractivity contribution is -0.900. The van der Waals surface area contributed by atoms with E-state index in [9.17, 15) is 0 Å². The Hall–Kier alpha value is -0.530. The SMILES string of the molecule is CCC[NH+](CCC)CCCCCCCCCCCc1ccccc1.[Cl-]. The van der Waals surface area contributed by atoms with Crippen LogP contribution in [-0.4, -0.2) is 19.6 Å². The van der Waals surface area contributed by atoms with Crippen molar-refractivity contribution in [1.29, 1.82) is 0 Å². The lowest BCUT2D eigenvalue weighted by Gasteiger charge is -2.17. The first-order valence-electron chi connectivity index (χ1n) is 10.7. The number of unbranched alkanes of at least 4 members (excludes halogenated alkanes) is 8. The third-order valence-electron chi connectivity index (χ3n) is 5.05. The Kier molecular flexibility index (Phi) is 17.9. The minimum atomic E-state index is 0. The van der Waals surface area contributed by atoms with Crippen LogP contribution in [0.15, 0.2) is 30.3 Å². The lowest BCUT2D eigenvalue weighted by Crippen LogP contribution is -3.12. The van der Waals surface area contributed by atoms with E-state index in [0.29, 0.717) is 0 Å². The van der Waals surface area contributed by atoms with Crippen molar-refractivity contribution in [1.82, 2.24) is 0 Å². The minimum absolute atomic E-state index is 0. The Morgan fingerprint density at radius 2 is 1.08 bits per heavy atom. The minimum Gasteiger partial charge on any atom is -1.00 e. The summed E-state index contributed by atoms with van der Waals surface area (Å²) in [5.74, 6) is 0. The predicted octanol–water partition coefficient (Wildman–Crippen LogP) is 2.45. The summed E-state index contributed by atoms with van der Waals surface area (Å²) >= 11 is 0. The number of halogens is 1. The first-order valence-corrected chi connectivity index (χ1v) is 10.7. The van der Waals surface area contributed by atoms with Crippen molar-refractivity contribution in [3.63, 3.8) is 0 Å². The molecule has 0 aromatic heterocycles. The third kappa shape index (κ3) is 14.3. The van der Waals surface area contributed by atoms with E-state index in [1.807, 2.05) is 4.90 Å². The second-order valence-corrected chi connectivity index (χ2v) is 7.42. The average Bonchev–Trinajstić information content (AvgIpc) is 2.61. The molecule has 0 saturated carbocycles. The van der Waals surface area contributed by atoms with Gasteiger partial charge in [-0.2, -0.15) is 0 Å². The molecule has 1 rings (SSSR count). The zero-order chi connectivity index (χ0) is 17.3. The van der Waals surface area contributed by atoms with Gasteiger partial charge in [0.15, 0.2) is 0 Å². The highest BCUT2D eigenvalue weighted by Crippen LogP contribution is 2.11. The zero-order valence-corrected chi connectivity index (χ0v) is 17.6. The molecule has 1 N–H and O–H groups in total. The van der Waals surface area contributed by atoms with Gasteiger partial charge in [0.2, 0.25) is 0 Å². The second-order valence-electron chi connectivity index (χ2n) is 7.42. The number of nitrogens with one attached hydrogen (secondary N) is 1. The van der Waals surface area contributed by atoms with Crippen molar-refractivity contribution in [3.8, 4) is 0 Å². The van der Waals surface area contributed by atoms with Crippen LogP contribution in [0.3, 0.4) is 0 Å². The van der Waals surface area contributed by atoms with Crippen molar-refractivity contribution >= 4 is 0 Å². The number of hydrogen-bond donors (Lipinski definition) is 1. The molecule has 0 aliphatic carbocycles. The molecule has 1 nitrogen and oxygen atoms in total. The Bertz CT molecular complexity index is 360. The standard InChI is InChI=1S/C23H41N.ClH/c1-3-20-24(21-4-2)22-16-11-9-7-5-6-8-10-13-17-23-18-14-12-15-19-23;/h12,14-15,18-19H,3-11,13,16-17,20-22H2,1-2H3;1H. The molecule has 0 spiro atoms. The smallest absolute Gasteiger partial charge is 0.0770 e. The van der Waals surface area contributed by atoms with Gasteiger partial charge in [0.1, 0.15) is 0 Å². The van der Waals surface area contributed by atoms with Crippen molar-refractivity contribution < 1.29 is 17.3 Å². The highest BCUT2D eigenvalue weighted by molar-refractivity contribution is 5.14. The van der Waals surface area contributed by atoms with Crippen LogP contribution in [-0.2, 0) is 6.42 Å². The van der Waals surface area contributed by atoms with Gasteiger partial charge in [-0.3, -0.25) is 0 Å². The van der Waals surface area contributed by atoms with E-state index >= 15 is 0 Å². The van der Waals surface area contributed by atoms with Gasteiger partial charge in [0.25, 0.3) is 0 Å². The number of rotatable bonds is 16. The van der Waals surface area contributed by atoms with Gasteiger partial charge < -0.3 is 17.3 Å². The van der Waals surface area contributed by atoms with Gasteiger partial charge in [-0.15, -0.1) is 0 Å². The van der Waals surface area contributed by atoms with E-state index in [1.165, 1.54) is 102 Å². The monoisotopic (exact) mass is 367 g/mol. The van der Waals surface area contributed by atoms with Crippen molar-refractivity contribution in [2.24, 2.45) is 0 Å². The molecular weight excluding hydrogens is 326 g/mol. The molecule has 25 heavy (non-hydrogen) atoms. The maximum Gasteiger partial charge on any atom is 0.0770 e. The van der Waals surface area contributed by atoms with Crippen LogP contribution in [0, 0.1) is 0 Å². The molecule has 1 aromatic rings. The Morgan fingerprint density at radius 1 is 0.600 bits per heavy atom. The molecule has 0 heterocycles. The van der Waals surface area contributed by atoms with E-state index in [1.54, 1.807) is 0 Å². The van der Waals surface area contributed by atoms with Crippen LogP contribution in [0.5, 0.6) is 0 Å². The highest BCUT2D eigenvalue weighted by Gasteiger charge is 2.04. The molecule has 0 atom stereocenters. The number of benzene rings is 1. The number of quaternary nitrogens is 1. The quantitative estimate of drug-likeness (QED) is 0.428. The largest absolute Gasteiger partial charge is 1.00 e. The van der Waals surface area contributed by atoms with Crippen molar-refractivity contribution in [2.75, 3.05) is 19.6 Å². The molecule has 0 saturated heterocycles. The second kappa shape index (κ2) is 18.3. The summed E-state index contributed by atoms with van der Waals surface area (Å²) < 4.78 is 0. The van der Waals surface area contributed by atoms with Gasteiger partial charge in [0.05, 0.1) is 19.6 Å². The molecule has 0 unspecified atom stereocenters. The summed E-state index contributed by atoms with van der Waals surface area (Å²) in [6.45, 7) is 8.78. The van der Waals surface area contributed by atoms with Gasteiger partial charge in [-0.1, -0.05) is 82.7 Å². The van der Waals surface area contributed by atoms with Gasteiger partial charge in [-0.25, -0.2) is 0 Å². The molecule has 0 aliphatic rings. The molecule has 0 aliphatic heterocycles. The fourth-order valence-electron chi connectivity index (χ4n) is 3.67.